The molecule has 0 aromatic heterocycles. The van der Waals surface area contributed by atoms with E-state index in [0.717, 1.165) is 37.2 Å². The van der Waals surface area contributed by atoms with Crippen LogP contribution >= 0.6 is 11.6 Å². The zero-order chi connectivity index (χ0) is 14.3. The van der Waals surface area contributed by atoms with Crippen LogP contribution in [-0.2, 0) is 0 Å². The predicted octanol–water partition coefficient (Wildman–Crippen LogP) is 2.72. The summed E-state index contributed by atoms with van der Waals surface area (Å²) in [4.78, 5) is 14.9. The van der Waals surface area contributed by atoms with Gasteiger partial charge in [-0.15, -0.1) is 0 Å². The highest BCUT2D eigenvalue weighted by atomic mass is 35.5. The lowest BCUT2D eigenvalue weighted by Gasteiger charge is -2.27. The van der Waals surface area contributed by atoms with E-state index in [4.69, 9.17) is 11.6 Å². The first-order chi connectivity index (χ1) is 9.61. The first kappa shape index (κ1) is 13.9. The zero-order valence-corrected chi connectivity index (χ0v) is 12.8. The van der Waals surface area contributed by atoms with Gasteiger partial charge in [-0.1, -0.05) is 24.6 Å². The van der Waals surface area contributed by atoms with Crippen molar-refractivity contribution in [1.82, 2.24) is 10.2 Å². The number of aryl methyl sites for hydroxylation is 1. The van der Waals surface area contributed by atoms with Crippen LogP contribution in [0.5, 0.6) is 0 Å². The van der Waals surface area contributed by atoms with Crippen molar-refractivity contribution in [2.75, 3.05) is 19.6 Å². The number of rotatable bonds is 2. The summed E-state index contributed by atoms with van der Waals surface area (Å²) >= 11 is 6.05. The Morgan fingerprint density at radius 3 is 3.00 bits per heavy atom. The molecule has 2 fully saturated rings. The number of fused-ring (bicyclic) bond motifs is 1. The predicted molar refractivity (Wildman–Crippen MR) is 81.2 cm³/mol. The normalized spacial score (nSPS) is 28.8. The molecule has 3 nitrogen and oxygen atoms in total. The Morgan fingerprint density at radius 1 is 1.45 bits per heavy atom. The van der Waals surface area contributed by atoms with Gasteiger partial charge in [0.2, 0.25) is 0 Å². The molecule has 0 bridgehead atoms. The van der Waals surface area contributed by atoms with Gasteiger partial charge in [-0.2, -0.15) is 0 Å². The van der Waals surface area contributed by atoms with Crippen molar-refractivity contribution in [2.45, 2.75) is 26.3 Å². The minimum absolute atomic E-state index is 0.145. The first-order valence-corrected chi connectivity index (χ1v) is 7.77. The maximum Gasteiger partial charge on any atom is 0.254 e. The van der Waals surface area contributed by atoms with Gasteiger partial charge >= 0.3 is 0 Å². The van der Waals surface area contributed by atoms with Crippen molar-refractivity contribution in [3.8, 4) is 0 Å². The maximum atomic E-state index is 12.9. The monoisotopic (exact) mass is 292 g/mol. The van der Waals surface area contributed by atoms with Crippen LogP contribution in [0, 0.1) is 18.8 Å². The Bertz CT molecular complexity index is 531. The van der Waals surface area contributed by atoms with Gasteiger partial charge in [0.05, 0.1) is 0 Å². The summed E-state index contributed by atoms with van der Waals surface area (Å²) in [6.07, 6.45) is 1.02. The van der Waals surface area contributed by atoms with Crippen molar-refractivity contribution >= 4 is 17.5 Å². The van der Waals surface area contributed by atoms with E-state index in [-0.39, 0.29) is 5.91 Å². The van der Waals surface area contributed by atoms with Crippen molar-refractivity contribution in [3.63, 3.8) is 0 Å². The van der Waals surface area contributed by atoms with Crippen LogP contribution < -0.4 is 5.32 Å². The van der Waals surface area contributed by atoms with E-state index in [1.807, 2.05) is 19.1 Å². The number of carbonyl (C=O) groups excluding carboxylic acids is 1. The fraction of sp³-hybridized carbons (Fsp3) is 0.562. The molecule has 1 aromatic rings. The fourth-order valence-electron chi connectivity index (χ4n) is 3.76. The molecule has 4 heteroatoms. The Kier molecular flexibility index (Phi) is 3.74. The molecule has 0 radical (unpaired) electrons. The topological polar surface area (TPSA) is 32.3 Å². The number of amides is 1. The molecule has 0 saturated carbocycles. The molecule has 3 unspecified atom stereocenters. The van der Waals surface area contributed by atoms with E-state index in [1.165, 1.54) is 0 Å². The van der Waals surface area contributed by atoms with Gasteiger partial charge in [0.1, 0.15) is 0 Å². The Balaban J connectivity index is 1.88. The molecule has 2 aliphatic heterocycles. The van der Waals surface area contributed by atoms with E-state index in [0.29, 0.717) is 22.9 Å². The van der Waals surface area contributed by atoms with Crippen molar-refractivity contribution in [2.24, 2.45) is 11.8 Å². The van der Waals surface area contributed by atoms with Crippen molar-refractivity contribution < 1.29 is 4.79 Å². The molecule has 2 saturated heterocycles. The van der Waals surface area contributed by atoms with Gasteiger partial charge in [-0.3, -0.25) is 4.79 Å². The number of hydrogen-bond donors (Lipinski definition) is 1. The number of halogens is 1. The van der Waals surface area contributed by atoms with E-state index in [2.05, 4.69) is 17.1 Å². The first-order valence-electron chi connectivity index (χ1n) is 7.39. The average Bonchev–Trinajstić information content (AvgIpc) is 3.00. The molecule has 0 aliphatic carbocycles. The van der Waals surface area contributed by atoms with Crippen LogP contribution in [0.3, 0.4) is 0 Å². The SMILES string of the molecule is CCC1C2CNCC2CN1C(=O)c1cc(Cl)ccc1C. The molecule has 1 aromatic carbocycles. The van der Waals surface area contributed by atoms with E-state index < -0.39 is 0 Å². The summed E-state index contributed by atoms with van der Waals surface area (Å²) in [6, 6.07) is 5.93. The van der Waals surface area contributed by atoms with Crippen LogP contribution in [0.15, 0.2) is 18.2 Å². The highest BCUT2D eigenvalue weighted by molar-refractivity contribution is 6.31. The van der Waals surface area contributed by atoms with Gasteiger partial charge in [0.25, 0.3) is 5.91 Å². The molecule has 2 aliphatic rings. The summed E-state index contributed by atoms with van der Waals surface area (Å²) in [5.74, 6) is 1.37. The standard InChI is InChI=1S/C16H21ClN2O/c1-3-15-14-8-18-7-11(14)9-19(15)16(20)13-6-12(17)5-4-10(13)2/h4-6,11,14-15,18H,3,7-9H2,1-2H3. The number of likely N-dealkylation sites (tertiary alicyclic amines) is 1. The van der Waals surface area contributed by atoms with Crippen molar-refractivity contribution in [1.29, 1.82) is 0 Å². The van der Waals surface area contributed by atoms with Crippen LogP contribution in [0.2, 0.25) is 5.02 Å². The molecular formula is C16H21ClN2O. The molecule has 20 heavy (non-hydrogen) atoms. The van der Waals surface area contributed by atoms with Crippen LogP contribution in [-0.4, -0.2) is 36.5 Å². The van der Waals surface area contributed by atoms with Crippen LogP contribution in [0.4, 0.5) is 0 Å². The van der Waals surface area contributed by atoms with Gasteiger partial charge in [0, 0.05) is 36.3 Å². The average molecular weight is 293 g/mol. The quantitative estimate of drug-likeness (QED) is 0.909. The van der Waals surface area contributed by atoms with E-state index in [9.17, 15) is 4.79 Å². The lowest BCUT2D eigenvalue weighted by molar-refractivity contribution is 0.0711. The molecule has 3 atom stereocenters. The molecule has 1 N–H and O–H groups in total. The summed E-state index contributed by atoms with van der Waals surface area (Å²) in [5, 5.41) is 4.08. The smallest absolute Gasteiger partial charge is 0.254 e. The van der Waals surface area contributed by atoms with Gasteiger partial charge < -0.3 is 10.2 Å². The molecular weight excluding hydrogens is 272 g/mol. The summed E-state index contributed by atoms with van der Waals surface area (Å²) in [6.45, 7) is 7.11. The molecule has 3 rings (SSSR count). The summed E-state index contributed by atoms with van der Waals surface area (Å²) in [7, 11) is 0. The highest BCUT2D eigenvalue weighted by Crippen LogP contribution is 2.35. The Morgan fingerprint density at radius 2 is 2.25 bits per heavy atom. The highest BCUT2D eigenvalue weighted by Gasteiger charge is 2.45. The second-order valence-corrected chi connectivity index (χ2v) is 6.41. The van der Waals surface area contributed by atoms with E-state index in [1.54, 1.807) is 6.07 Å². The van der Waals surface area contributed by atoms with Gasteiger partial charge in [-0.25, -0.2) is 0 Å². The summed E-state index contributed by atoms with van der Waals surface area (Å²) in [5.41, 5.74) is 1.76. The second kappa shape index (κ2) is 5.38. The largest absolute Gasteiger partial charge is 0.335 e. The maximum absolute atomic E-state index is 12.9. The number of nitrogens with one attached hydrogen (secondary N) is 1. The lowest BCUT2D eigenvalue weighted by Crippen LogP contribution is -2.39. The molecule has 2 heterocycles. The molecule has 1 amide bonds. The number of benzene rings is 1. The van der Waals surface area contributed by atoms with Gasteiger partial charge in [0.15, 0.2) is 0 Å². The minimum Gasteiger partial charge on any atom is -0.335 e. The third kappa shape index (κ3) is 2.23. The number of nitrogens with zero attached hydrogens (tertiary/aromatic N) is 1. The Labute approximate surface area is 125 Å². The van der Waals surface area contributed by atoms with Crippen LogP contribution in [0.25, 0.3) is 0 Å². The Hall–Kier alpha value is -1.06. The minimum atomic E-state index is 0.145. The van der Waals surface area contributed by atoms with Crippen molar-refractivity contribution in [3.05, 3.63) is 34.3 Å². The van der Waals surface area contributed by atoms with Crippen LogP contribution in [0.1, 0.15) is 29.3 Å². The lowest BCUT2D eigenvalue weighted by atomic mass is 9.93. The zero-order valence-electron chi connectivity index (χ0n) is 12.0. The summed E-state index contributed by atoms with van der Waals surface area (Å²) < 4.78 is 0. The van der Waals surface area contributed by atoms with Gasteiger partial charge in [-0.05, 0) is 42.9 Å². The van der Waals surface area contributed by atoms with E-state index >= 15 is 0 Å². The third-order valence-corrected chi connectivity index (χ3v) is 5.06. The number of carbonyl (C=O) groups is 1. The molecule has 0 spiro atoms. The number of hydrogen-bond acceptors (Lipinski definition) is 2. The molecule has 108 valence electrons. The fourth-order valence-corrected chi connectivity index (χ4v) is 3.93. The third-order valence-electron chi connectivity index (χ3n) is 4.83. The second-order valence-electron chi connectivity index (χ2n) is 5.97.